The summed E-state index contributed by atoms with van der Waals surface area (Å²) in [5.74, 6) is 0.670. The van der Waals surface area contributed by atoms with Crippen molar-refractivity contribution >= 4 is 10.9 Å². The molecule has 28 heavy (non-hydrogen) atoms. The second-order valence-corrected chi connectivity index (χ2v) is 8.88. The molecule has 154 valence electrons. The van der Waals surface area contributed by atoms with Crippen molar-refractivity contribution in [2.75, 3.05) is 52.9 Å². The molecule has 2 aliphatic heterocycles. The molecule has 2 fully saturated rings. The van der Waals surface area contributed by atoms with Gasteiger partial charge >= 0.3 is 0 Å². The molecule has 0 amide bonds. The van der Waals surface area contributed by atoms with Gasteiger partial charge in [-0.3, -0.25) is 9.80 Å². The molecule has 2 saturated heterocycles. The van der Waals surface area contributed by atoms with Crippen LogP contribution in [0.5, 0.6) is 0 Å². The Balaban J connectivity index is 1.42. The third kappa shape index (κ3) is 4.43. The summed E-state index contributed by atoms with van der Waals surface area (Å²) in [6.45, 7) is 8.44. The van der Waals surface area contributed by atoms with Gasteiger partial charge in [-0.1, -0.05) is 12.1 Å². The Morgan fingerprint density at radius 1 is 1.04 bits per heavy atom. The Hall–Kier alpha value is -1.40. The van der Waals surface area contributed by atoms with E-state index in [1.165, 1.54) is 55.6 Å². The lowest BCUT2D eigenvalue weighted by Gasteiger charge is -2.46. The van der Waals surface area contributed by atoms with Crippen LogP contribution in [0.4, 0.5) is 0 Å². The van der Waals surface area contributed by atoms with Crippen molar-refractivity contribution in [3.8, 4) is 0 Å². The Morgan fingerprint density at radius 2 is 1.86 bits per heavy atom. The number of rotatable bonds is 6. The zero-order chi connectivity index (χ0) is 19.5. The molecule has 0 unspecified atom stereocenters. The summed E-state index contributed by atoms with van der Waals surface area (Å²) in [5, 5.41) is 10.7. The highest BCUT2D eigenvalue weighted by atomic mass is 16.2. The fourth-order valence-electron chi connectivity index (χ4n) is 5.17. The first kappa shape index (κ1) is 19.9. The van der Waals surface area contributed by atoms with Crippen LogP contribution in [0.1, 0.15) is 24.8 Å². The molecule has 2 aliphatic rings. The zero-order valence-corrected chi connectivity index (χ0v) is 17.6. The van der Waals surface area contributed by atoms with E-state index in [9.17, 15) is 5.11 Å². The summed E-state index contributed by atoms with van der Waals surface area (Å²) >= 11 is 0. The van der Waals surface area contributed by atoms with E-state index >= 15 is 0 Å². The smallest absolute Gasteiger partial charge is 0.0480 e. The van der Waals surface area contributed by atoms with E-state index < -0.39 is 0 Å². The number of piperazine rings is 1. The lowest BCUT2D eigenvalue weighted by atomic mass is 9.86. The van der Waals surface area contributed by atoms with Crippen LogP contribution in [-0.2, 0) is 13.6 Å². The summed E-state index contributed by atoms with van der Waals surface area (Å²) in [4.78, 5) is 7.81. The van der Waals surface area contributed by atoms with Gasteiger partial charge in [-0.15, -0.1) is 0 Å². The summed E-state index contributed by atoms with van der Waals surface area (Å²) < 4.78 is 2.21. The topological polar surface area (TPSA) is 34.9 Å². The predicted octanol–water partition coefficient (Wildman–Crippen LogP) is 2.39. The van der Waals surface area contributed by atoms with Crippen molar-refractivity contribution in [2.24, 2.45) is 13.0 Å². The van der Waals surface area contributed by atoms with Crippen molar-refractivity contribution in [2.45, 2.75) is 31.8 Å². The van der Waals surface area contributed by atoms with Gasteiger partial charge in [0.1, 0.15) is 0 Å². The molecule has 1 N–H and O–H groups in total. The maximum atomic E-state index is 9.40. The van der Waals surface area contributed by atoms with E-state index in [1.807, 2.05) is 0 Å². The second kappa shape index (κ2) is 8.95. The summed E-state index contributed by atoms with van der Waals surface area (Å²) in [6, 6.07) is 9.77. The van der Waals surface area contributed by atoms with E-state index in [4.69, 9.17) is 0 Å². The average Bonchev–Trinajstić information content (AvgIpc) is 3.08. The van der Waals surface area contributed by atoms with Crippen molar-refractivity contribution in [3.05, 3.63) is 36.0 Å². The number of aliphatic hydroxyl groups excluding tert-OH is 1. The number of aromatic nitrogens is 1. The van der Waals surface area contributed by atoms with Gasteiger partial charge in [0.15, 0.2) is 0 Å². The highest BCUT2D eigenvalue weighted by molar-refractivity contribution is 5.80. The van der Waals surface area contributed by atoms with Crippen molar-refractivity contribution < 1.29 is 5.11 Å². The number of likely N-dealkylation sites (tertiary alicyclic amines) is 1. The molecule has 2 atom stereocenters. The largest absolute Gasteiger partial charge is 0.396 e. The first-order valence-electron chi connectivity index (χ1n) is 10.9. The van der Waals surface area contributed by atoms with E-state index in [0.717, 1.165) is 25.9 Å². The number of piperidine rings is 1. The first-order chi connectivity index (χ1) is 13.6. The number of nitrogens with zero attached hydrogens (tertiary/aromatic N) is 4. The van der Waals surface area contributed by atoms with E-state index in [2.05, 4.69) is 63.8 Å². The van der Waals surface area contributed by atoms with E-state index in [1.54, 1.807) is 0 Å². The molecular weight excluding hydrogens is 348 g/mol. The van der Waals surface area contributed by atoms with Gasteiger partial charge < -0.3 is 14.6 Å². The van der Waals surface area contributed by atoms with Gasteiger partial charge in [0, 0.05) is 70.7 Å². The van der Waals surface area contributed by atoms with Crippen LogP contribution in [0.25, 0.3) is 10.9 Å². The minimum absolute atomic E-state index is 0.316. The SMILES string of the molecule is CN1CCN([C@@H]2CCN(Cc3ccc4ccn(C)c4c3)C[C@@H]2CCCO)CC1. The number of benzene rings is 1. The van der Waals surface area contributed by atoms with Gasteiger partial charge in [0.05, 0.1) is 0 Å². The number of hydrogen-bond donors (Lipinski definition) is 1. The molecular formula is C23H36N4O. The summed E-state index contributed by atoms with van der Waals surface area (Å²) in [7, 11) is 4.35. The standard InChI is InChI=1S/C23H36N4O/c1-24-11-13-27(14-12-24)22-8-10-26(18-21(22)4-3-15-28)17-19-5-6-20-7-9-25(2)23(20)16-19/h5-7,9,16,21-22,28H,3-4,8,10-15,17-18H2,1-2H3/t21-,22+/m0/s1. The van der Waals surface area contributed by atoms with E-state index in [0.29, 0.717) is 18.6 Å². The molecule has 0 bridgehead atoms. The molecule has 4 rings (SSSR count). The van der Waals surface area contributed by atoms with Crippen molar-refractivity contribution in [1.82, 2.24) is 19.3 Å². The highest BCUT2D eigenvalue weighted by Crippen LogP contribution is 2.28. The Kier molecular flexibility index (Phi) is 6.36. The number of aryl methyl sites for hydroxylation is 1. The molecule has 0 saturated carbocycles. The third-order valence-corrected chi connectivity index (χ3v) is 6.88. The normalized spacial score (nSPS) is 25.5. The number of fused-ring (bicyclic) bond motifs is 1. The zero-order valence-electron chi connectivity index (χ0n) is 17.6. The average molecular weight is 385 g/mol. The van der Waals surface area contributed by atoms with Gasteiger partial charge in [-0.05, 0) is 61.9 Å². The van der Waals surface area contributed by atoms with Crippen LogP contribution < -0.4 is 0 Å². The van der Waals surface area contributed by atoms with Crippen LogP contribution in [0.15, 0.2) is 30.5 Å². The van der Waals surface area contributed by atoms with Gasteiger partial charge in [-0.25, -0.2) is 0 Å². The maximum Gasteiger partial charge on any atom is 0.0480 e. The lowest BCUT2D eigenvalue weighted by molar-refractivity contribution is 0.0212. The number of aliphatic hydroxyl groups is 1. The molecule has 0 spiro atoms. The predicted molar refractivity (Wildman–Crippen MR) is 115 cm³/mol. The van der Waals surface area contributed by atoms with Gasteiger partial charge in [0.25, 0.3) is 0 Å². The molecule has 1 aromatic heterocycles. The third-order valence-electron chi connectivity index (χ3n) is 6.88. The van der Waals surface area contributed by atoms with Gasteiger partial charge in [-0.2, -0.15) is 0 Å². The maximum absolute atomic E-state index is 9.40. The minimum atomic E-state index is 0.316. The molecule has 0 radical (unpaired) electrons. The second-order valence-electron chi connectivity index (χ2n) is 8.88. The van der Waals surface area contributed by atoms with Crippen LogP contribution in [0.2, 0.25) is 0 Å². The van der Waals surface area contributed by atoms with Crippen LogP contribution >= 0.6 is 0 Å². The summed E-state index contributed by atoms with van der Waals surface area (Å²) in [6.07, 6.45) is 5.46. The Labute approximate surface area is 169 Å². The van der Waals surface area contributed by atoms with Crippen molar-refractivity contribution in [3.63, 3.8) is 0 Å². The van der Waals surface area contributed by atoms with Crippen LogP contribution in [0.3, 0.4) is 0 Å². The molecule has 2 aromatic rings. The minimum Gasteiger partial charge on any atom is -0.396 e. The number of likely N-dealkylation sites (N-methyl/N-ethyl adjacent to an activating group) is 1. The summed E-state index contributed by atoms with van der Waals surface area (Å²) in [5.41, 5.74) is 2.73. The fraction of sp³-hybridized carbons (Fsp3) is 0.652. The molecule has 5 nitrogen and oxygen atoms in total. The Morgan fingerprint density at radius 3 is 2.64 bits per heavy atom. The molecule has 3 heterocycles. The van der Waals surface area contributed by atoms with Gasteiger partial charge in [0.2, 0.25) is 0 Å². The monoisotopic (exact) mass is 384 g/mol. The number of hydrogen-bond acceptors (Lipinski definition) is 4. The first-order valence-corrected chi connectivity index (χ1v) is 10.9. The molecule has 0 aliphatic carbocycles. The van der Waals surface area contributed by atoms with Crippen molar-refractivity contribution in [1.29, 1.82) is 0 Å². The van der Waals surface area contributed by atoms with E-state index in [-0.39, 0.29) is 0 Å². The molecule has 5 heteroatoms. The quantitative estimate of drug-likeness (QED) is 0.829. The van der Waals surface area contributed by atoms with Crippen LogP contribution in [0, 0.1) is 5.92 Å². The van der Waals surface area contributed by atoms with Crippen LogP contribution in [-0.4, -0.2) is 83.3 Å². The Bertz CT molecular complexity index is 765. The molecule has 1 aromatic carbocycles. The lowest BCUT2D eigenvalue weighted by Crippen LogP contribution is -2.56. The highest BCUT2D eigenvalue weighted by Gasteiger charge is 2.33. The fourth-order valence-corrected chi connectivity index (χ4v) is 5.17.